The van der Waals surface area contributed by atoms with Gasteiger partial charge in [0, 0.05) is 56.9 Å². The van der Waals surface area contributed by atoms with Crippen molar-refractivity contribution in [2.75, 3.05) is 51.3 Å². The fraction of sp³-hybridized carbons (Fsp3) is 0.517. The molecule has 0 saturated carbocycles. The van der Waals surface area contributed by atoms with E-state index in [1.165, 1.54) is 23.9 Å². The standard InChI is InChI=1S/C29H37FN6O6/c1-7-32-15-17(2)36-22-21(24(41-6)23(36)27(32)39)26(38)35(16-18-8-9-19(30)14-20(18)37)31-25(22)33-10-12-34(13-11-33)28(40)42-29(3,4)5/h8-9,14,17,37H,7,10-13,15-16H2,1-6H3. The summed E-state index contributed by atoms with van der Waals surface area (Å²) in [7, 11) is 1.42. The summed E-state index contributed by atoms with van der Waals surface area (Å²) in [5, 5.41) is 15.3. The number of aromatic nitrogens is 3. The van der Waals surface area contributed by atoms with Gasteiger partial charge in [-0.1, -0.05) is 6.07 Å². The molecule has 12 nitrogen and oxygen atoms in total. The number of aromatic hydroxyl groups is 1. The lowest BCUT2D eigenvalue weighted by Gasteiger charge is -2.37. The number of rotatable bonds is 5. The van der Waals surface area contributed by atoms with E-state index in [4.69, 9.17) is 14.6 Å². The van der Waals surface area contributed by atoms with Crippen molar-refractivity contribution < 1.29 is 28.6 Å². The Bertz CT molecular complexity index is 1600. The lowest BCUT2D eigenvalue weighted by atomic mass is 10.2. The molecule has 1 atom stereocenters. The summed E-state index contributed by atoms with van der Waals surface area (Å²) in [6.07, 6.45) is -0.405. The van der Waals surface area contributed by atoms with Gasteiger partial charge in [0.25, 0.3) is 11.5 Å². The summed E-state index contributed by atoms with van der Waals surface area (Å²) in [5.41, 5.74) is -0.0704. The number of benzene rings is 1. The van der Waals surface area contributed by atoms with E-state index in [9.17, 15) is 23.9 Å². The fourth-order valence-corrected chi connectivity index (χ4v) is 5.65. The highest BCUT2D eigenvalue weighted by Gasteiger charge is 2.38. The van der Waals surface area contributed by atoms with E-state index in [0.29, 0.717) is 56.2 Å². The molecule has 0 radical (unpaired) electrons. The van der Waals surface area contributed by atoms with Gasteiger partial charge in [-0.2, -0.15) is 0 Å². The third-order valence-corrected chi connectivity index (χ3v) is 7.64. The second-order valence-electron chi connectivity index (χ2n) is 11.7. The van der Waals surface area contributed by atoms with Crippen molar-refractivity contribution in [2.24, 2.45) is 0 Å². The first-order valence-electron chi connectivity index (χ1n) is 14.1. The van der Waals surface area contributed by atoms with Gasteiger partial charge in [0.15, 0.2) is 17.3 Å². The Morgan fingerprint density at radius 1 is 1.17 bits per heavy atom. The van der Waals surface area contributed by atoms with Gasteiger partial charge < -0.3 is 33.8 Å². The van der Waals surface area contributed by atoms with Gasteiger partial charge in [-0.05, 0) is 40.7 Å². The number of amides is 2. The first-order chi connectivity index (χ1) is 19.8. The van der Waals surface area contributed by atoms with Crippen molar-refractivity contribution in [3.8, 4) is 11.5 Å². The smallest absolute Gasteiger partial charge is 0.410 e. The zero-order valence-corrected chi connectivity index (χ0v) is 24.8. The van der Waals surface area contributed by atoms with Crippen molar-refractivity contribution in [2.45, 2.75) is 52.8 Å². The lowest BCUT2D eigenvalue weighted by molar-refractivity contribution is 0.0240. The number of fused-ring (bicyclic) bond motifs is 3. The molecule has 13 heteroatoms. The maximum Gasteiger partial charge on any atom is 0.410 e. The first kappa shape index (κ1) is 29.2. The van der Waals surface area contributed by atoms with Gasteiger partial charge >= 0.3 is 6.09 Å². The number of hydrogen-bond acceptors (Lipinski definition) is 8. The highest BCUT2D eigenvalue weighted by molar-refractivity contribution is 6.07. The van der Waals surface area contributed by atoms with E-state index in [1.807, 2.05) is 44.1 Å². The zero-order chi connectivity index (χ0) is 30.5. The molecule has 2 aliphatic rings. The van der Waals surface area contributed by atoms with Crippen LogP contribution in [0.4, 0.5) is 15.0 Å². The Morgan fingerprint density at radius 3 is 2.45 bits per heavy atom. The fourth-order valence-electron chi connectivity index (χ4n) is 5.65. The number of hydrogen-bond donors (Lipinski definition) is 1. The summed E-state index contributed by atoms with van der Waals surface area (Å²) in [4.78, 5) is 45.6. The van der Waals surface area contributed by atoms with Crippen molar-refractivity contribution >= 4 is 28.7 Å². The van der Waals surface area contributed by atoms with Crippen LogP contribution < -0.4 is 15.2 Å². The number of nitrogens with zero attached hydrogens (tertiary/aromatic N) is 6. The van der Waals surface area contributed by atoms with E-state index >= 15 is 0 Å². The first-order valence-corrected chi connectivity index (χ1v) is 14.1. The number of ether oxygens (including phenoxy) is 2. The Kier molecular flexibility index (Phi) is 7.54. The van der Waals surface area contributed by atoms with Crippen LogP contribution in [0.5, 0.6) is 11.5 Å². The van der Waals surface area contributed by atoms with Gasteiger partial charge in [0.2, 0.25) is 0 Å². The number of carbonyl (C=O) groups excluding carboxylic acids is 2. The number of carbonyl (C=O) groups is 2. The van der Waals surface area contributed by atoms with Gasteiger partial charge in [-0.15, -0.1) is 5.10 Å². The largest absolute Gasteiger partial charge is 0.507 e. The summed E-state index contributed by atoms with van der Waals surface area (Å²) < 4.78 is 28.0. The molecule has 5 rings (SSSR count). The van der Waals surface area contributed by atoms with E-state index in [1.54, 1.807) is 9.80 Å². The van der Waals surface area contributed by atoms with Gasteiger partial charge in [-0.25, -0.2) is 13.9 Å². The molecule has 1 unspecified atom stereocenters. The van der Waals surface area contributed by atoms with Crippen LogP contribution in [0.25, 0.3) is 10.9 Å². The molecule has 3 aromatic rings. The Balaban J connectivity index is 1.66. The zero-order valence-electron chi connectivity index (χ0n) is 24.8. The number of likely N-dealkylation sites (N-methyl/N-ethyl adjacent to an activating group) is 1. The molecular formula is C29H37FN6O6. The molecule has 1 N–H and O–H groups in total. The maximum absolute atomic E-state index is 14.0. The normalized spacial score (nSPS) is 17.5. The quantitative estimate of drug-likeness (QED) is 0.485. The molecule has 1 saturated heterocycles. The minimum absolute atomic E-state index is 0.139. The van der Waals surface area contributed by atoms with E-state index in [2.05, 4.69) is 0 Å². The number of phenolic OH excluding ortho intramolecular Hbond substituents is 1. The second-order valence-corrected chi connectivity index (χ2v) is 11.7. The number of piperazine rings is 1. The molecule has 226 valence electrons. The van der Waals surface area contributed by atoms with Crippen LogP contribution in [0.2, 0.25) is 0 Å². The molecule has 2 amide bonds. The van der Waals surface area contributed by atoms with Crippen molar-refractivity contribution in [3.63, 3.8) is 0 Å². The Hall–Kier alpha value is -4.29. The predicted octanol–water partition coefficient (Wildman–Crippen LogP) is 3.19. The lowest BCUT2D eigenvalue weighted by Crippen LogP contribution is -2.50. The molecular weight excluding hydrogens is 547 g/mol. The van der Waals surface area contributed by atoms with Crippen molar-refractivity contribution in [1.29, 1.82) is 0 Å². The summed E-state index contributed by atoms with van der Waals surface area (Å²) in [5.74, 6) is -0.541. The minimum atomic E-state index is -0.625. The van der Waals surface area contributed by atoms with Crippen LogP contribution in [0.1, 0.15) is 56.7 Å². The molecule has 42 heavy (non-hydrogen) atoms. The highest BCUT2D eigenvalue weighted by atomic mass is 19.1. The molecule has 2 aliphatic heterocycles. The summed E-state index contributed by atoms with van der Waals surface area (Å²) >= 11 is 0. The second kappa shape index (κ2) is 10.8. The molecule has 2 aromatic heterocycles. The predicted molar refractivity (Wildman–Crippen MR) is 154 cm³/mol. The maximum atomic E-state index is 14.0. The SMILES string of the molecule is CCN1CC(C)n2c(c(OC)c3c(=O)n(Cc4ccc(F)cc4O)nc(N4CCN(C(=O)OC(C)(C)C)CC4)c32)C1=O. The monoisotopic (exact) mass is 584 g/mol. The van der Waals surface area contributed by atoms with Crippen LogP contribution in [0.3, 0.4) is 0 Å². The molecule has 4 heterocycles. The van der Waals surface area contributed by atoms with Crippen molar-refractivity contribution in [1.82, 2.24) is 24.1 Å². The molecule has 0 aliphatic carbocycles. The van der Waals surface area contributed by atoms with Gasteiger partial charge in [0.1, 0.15) is 28.1 Å². The topological polar surface area (TPSA) is 122 Å². The number of methoxy groups -OCH3 is 1. The van der Waals surface area contributed by atoms with Gasteiger partial charge in [-0.3, -0.25) is 9.59 Å². The third kappa shape index (κ3) is 5.12. The minimum Gasteiger partial charge on any atom is -0.507 e. The number of phenols is 1. The third-order valence-electron chi connectivity index (χ3n) is 7.64. The average molecular weight is 585 g/mol. The summed E-state index contributed by atoms with van der Waals surface area (Å²) in [6, 6.07) is 3.40. The average Bonchev–Trinajstić information content (AvgIpc) is 3.29. The number of anilines is 1. The molecule has 1 aromatic carbocycles. The van der Waals surface area contributed by atoms with Crippen LogP contribution in [-0.2, 0) is 11.3 Å². The molecule has 1 fully saturated rings. The Morgan fingerprint density at radius 2 is 1.86 bits per heavy atom. The van der Waals surface area contributed by atoms with Crippen molar-refractivity contribution in [3.05, 3.63) is 45.6 Å². The van der Waals surface area contributed by atoms with E-state index in [0.717, 1.165) is 6.07 Å². The Labute approximate surface area is 242 Å². The highest BCUT2D eigenvalue weighted by Crippen LogP contribution is 2.41. The van der Waals surface area contributed by atoms with E-state index in [-0.39, 0.29) is 41.1 Å². The summed E-state index contributed by atoms with van der Waals surface area (Å²) in [6.45, 7) is 11.6. The molecule has 0 bridgehead atoms. The number of halogens is 1. The van der Waals surface area contributed by atoms with Crippen LogP contribution in [-0.4, -0.2) is 93.2 Å². The van der Waals surface area contributed by atoms with Crippen LogP contribution in [0.15, 0.2) is 23.0 Å². The van der Waals surface area contributed by atoms with Crippen LogP contribution >= 0.6 is 0 Å². The van der Waals surface area contributed by atoms with E-state index < -0.39 is 23.1 Å². The molecule has 0 spiro atoms. The van der Waals surface area contributed by atoms with Crippen LogP contribution in [0, 0.1) is 5.82 Å². The van der Waals surface area contributed by atoms with Gasteiger partial charge in [0.05, 0.1) is 13.7 Å².